The number of hydrogen-bond acceptors (Lipinski definition) is 2. The largest absolute Gasteiger partial charge is 0.457 e. The van der Waals surface area contributed by atoms with Crippen molar-refractivity contribution in [2.24, 2.45) is 5.73 Å². The van der Waals surface area contributed by atoms with E-state index in [-0.39, 0.29) is 0 Å². The van der Waals surface area contributed by atoms with E-state index in [4.69, 9.17) is 10.5 Å². The van der Waals surface area contributed by atoms with Crippen molar-refractivity contribution in [1.82, 2.24) is 0 Å². The summed E-state index contributed by atoms with van der Waals surface area (Å²) < 4.78 is 6.88. The second kappa shape index (κ2) is 5.55. The number of aryl methyl sites for hydroxylation is 1. The standard InChI is InChI=1S/C15H16BrNO/c1-10-4-3-5-15(11(10)2)18-13-7-6-12(9-17)14(16)8-13/h3-8H,9,17H2,1-2H3. The van der Waals surface area contributed by atoms with Crippen LogP contribution in [0.4, 0.5) is 0 Å². The van der Waals surface area contributed by atoms with Gasteiger partial charge in [0.1, 0.15) is 11.5 Å². The Morgan fingerprint density at radius 3 is 2.61 bits per heavy atom. The summed E-state index contributed by atoms with van der Waals surface area (Å²) in [5.41, 5.74) is 9.09. The van der Waals surface area contributed by atoms with E-state index < -0.39 is 0 Å². The zero-order valence-corrected chi connectivity index (χ0v) is 12.1. The minimum atomic E-state index is 0.518. The molecule has 0 spiro atoms. The predicted octanol–water partition coefficient (Wildman–Crippen LogP) is 4.32. The van der Waals surface area contributed by atoms with Gasteiger partial charge in [-0.15, -0.1) is 0 Å². The zero-order valence-electron chi connectivity index (χ0n) is 10.5. The zero-order chi connectivity index (χ0) is 13.1. The van der Waals surface area contributed by atoms with Gasteiger partial charge < -0.3 is 10.5 Å². The highest BCUT2D eigenvalue weighted by atomic mass is 79.9. The Morgan fingerprint density at radius 2 is 1.94 bits per heavy atom. The summed E-state index contributed by atoms with van der Waals surface area (Å²) in [5.74, 6) is 1.70. The van der Waals surface area contributed by atoms with Crippen molar-refractivity contribution in [3.8, 4) is 11.5 Å². The minimum Gasteiger partial charge on any atom is -0.457 e. The van der Waals surface area contributed by atoms with Crippen molar-refractivity contribution in [1.29, 1.82) is 0 Å². The number of nitrogens with two attached hydrogens (primary N) is 1. The lowest BCUT2D eigenvalue weighted by molar-refractivity contribution is 0.478. The maximum atomic E-state index is 5.90. The second-order valence-electron chi connectivity index (χ2n) is 4.26. The van der Waals surface area contributed by atoms with E-state index >= 15 is 0 Å². The lowest BCUT2D eigenvalue weighted by Crippen LogP contribution is -1.97. The highest BCUT2D eigenvalue weighted by molar-refractivity contribution is 9.10. The first-order valence-electron chi connectivity index (χ1n) is 5.84. The van der Waals surface area contributed by atoms with Crippen LogP contribution in [-0.2, 0) is 6.54 Å². The summed E-state index contributed by atoms with van der Waals surface area (Å²) in [6, 6.07) is 11.9. The summed E-state index contributed by atoms with van der Waals surface area (Å²) in [7, 11) is 0. The van der Waals surface area contributed by atoms with Gasteiger partial charge in [-0.25, -0.2) is 0 Å². The van der Waals surface area contributed by atoms with Crippen LogP contribution in [0.1, 0.15) is 16.7 Å². The van der Waals surface area contributed by atoms with Crippen molar-refractivity contribution >= 4 is 15.9 Å². The molecule has 0 fully saturated rings. The first-order valence-corrected chi connectivity index (χ1v) is 6.63. The molecule has 0 unspecified atom stereocenters. The average Bonchev–Trinajstić information content (AvgIpc) is 2.35. The molecule has 0 heterocycles. The summed E-state index contributed by atoms with van der Waals surface area (Å²) in [6.07, 6.45) is 0. The third-order valence-corrected chi connectivity index (χ3v) is 3.77. The van der Waals surface area contributed by atoms with Crippen molar-refractivity contribution in [2.75, 3.05) is 0 Å². The Bertz CT molecular complexity index is 566. The molecule has 0 saturated carbocycles. The molecule has 2 rings (SSSR count). The van der Waals surface area contributed by atoms with E-state index in [9.17, 15) is 0 Å². The fraction of sp³-hybridized carbons (Fsp3) is 0.200. The number of hydrogen-bond donors (Lipinski definition) is 1. The maximum Gasteiger partial charge on any atom is 0.130 e. The third kappa shape index (κ3) is 2.74. The molecule has 0 radical (unpaired) electrons. The first kappa shape index (κ1) is 13.1. The molecule has 0 saturated heterocycles. The van der Waals surface area contributed by atoms with Gasteiger partial charge in [0.25, 0.3) is 0 Å². The molecule has 0 amide bonds. The molecule has 18 heavy (non-hydrogen) atoms. The Morgan fingerprint density at radius 1 is 1.17 bits per heavy atom. The second-order valence-corrected chi connectivity index (χ2v) is 5.11. The van der Waals surface area contributed by atoms with Gasteiger partial charge in [0, 0.05) is 11.0 Å². The van der Waals surface area contributed by atoms with Gasteiger partial charge in [-0.3, -0.25) is 0 Å². The molecule has 0 aromatic heterocycles. The predicted molar refractivity (Wildman–Crippen MR) is 78.0 cm³/mol. The van der Waals surface area contributed by atoms with Crippen molar-refractivity contribution in [2.45, 2.75) is 20.4 Å². The van der Waals surface area contributed by atoms with Crippen LogP contribution in [0.3, 0.4) is 0 Å². The van der Waals surface area contributed by atoms with Gasteiger partial charge in [-0.2, -0.15) is 0 Å². The van der Waals surface area contributed by atoms with Gasteiger partial charge in [0.15, 0.2) is 0 Å². The first-order chi connectivity index (χ1) is 8.61. The molecular weight excluding hydrogens is 290 g/mol. The third-order valence-electron chi connectivity index (χ3n) is 3.03. The average molecular weight is 306 g/mol. The van der Waals surface area contributed by atoms with Crippen molar-refractivity contribution in [3.63, 3.8) is 0 Å². The SMILES string of the molecule is Cc1cccc(Oc2ccc(CN)c(Br)c2)c1C. The van der Waals surface area contributed by atoms with Crippen LogP contribution in [-0.4, -0.2) is 0 Å². The van der Waals surface area contributed by atoms with E-state index in [1.54, 1.807) is 0 Å². The quantitative estimate of drug-likeness (QED) is 0.916. The number of rotatable bonds is 3. The van der Waals surface area contributed by atoms with Crippen LogP contribution >= 0.6 is 15.9 Å². The highest BCUT2D eigenvalue weighted by Gasteiger charge is 2.05. The molecule has 0 aliphatic rings. The molecule has 0 aliphatic heterocycles. The van der Waals surface area contributed by atoms with Gasteiger partial charge in [-0.05, 0) is 48.7 Å². The Kier molecular flexibility index (Phi) is 4.04. The van der Waals surface area contributed by atoms with E-state index in [1.807, 2.05) is 30.3 Å². The molecule has 2 N–H and O–H groups in total. The van der Waals surface area contributed by atoms with E-state index in [0.717, 1.165) is 27.1 Å². The molecule has 2 aromatic rings. The molecular formula is C15H16BrNO. The van der Waals surface area contributed by atoms with Gasteiger partial charge in [0.2, 0.25) is 0 Å². The summed E-state index contributed by atoms with van der Waals surface area (Å²) >= 11 is 3.49. The normalized spacial score (nSPS) is 10.4. The maximum absolute atomic E-state index is 5.90. The molecule has 94 valence electrons. The van der Waals surface area contributed by atoms with E-state index in [1.165, 1.54) is 5.56 Å². The lowest BCUT2D eigenvalue weighted by atomic mass is 10.1. The molecule has 0 atom stereocenters. The monoisotopic (exact) mass is 305 g/mol. The topological polar surface area (TPSA) is 35.2 Å². The molecule has 2 aromatic carbocycles. The molecule has 0 bridgehead atoms. The van der Waals surface area contributed by atoms with Crippen LogP contribution in [0, 0.1) is 13.8 Å². The van der Waals surface area contributed by atoms with Crippen LogP contribution in [0.25, 0.3) is 0 Å². The van der Waals surface area contributed by atoms with Crippen LogP contribution in [0.2, 0.25) is 0 Å². The molecule has 0 aliphatic carbocycles. The van der Waals surface area contributed by atoms with Gasteiger partial charge >= 0.3 is 0 Å². The Hall–Kier alpha value is -1.32. The van der Waals surface area contributed by atoms with Crippen LogP contribution in [0.15, 0.2) is 40.9 Å². The fourth-order valence-corrected chi connectivity index (χ4v) is 2.24. The van der Waals surface area contributed by atoms with Crippen molar-refractivity contribution in [3.05, 3.63) is 57.6 Å². The number of halogens is 1. The summed E-state index contributed by atoms with van der Waals surface area (Å²) in [4.78, 5) is 0. The Labute approximate surface area is 116 Å². The van der Waals surface area contributed by atoms with E-state index in [0.29, 0.717) is 6.54 Å². The molecule has 3 heteroatoms. The summed E-state index contributed by atoms with van der Waals surface area (Å²) in [5, 5.41) is 0. The van der Waals surface area contributed by atoms with Gasteiger partial charge in [0.05, 0.1) is 0 Å². The number of benzene rings is 2. The minimum absolute atomic E-state index is 0.518. The van der Waals surface area contributed by atoms with Crippen molar-refractivity contribution < 1.29 is 4.74 Å². The Balaban J connectivity index is 2.29. The van der Waals surface area contributed by atoms with Crippen LogP contribution < -0.4 is 10.5 Å². The highest BCUT2D eigenvalue weighted by Crippen LogP contribution is 2.29. The fourth-order valence-electron chi connectivity index (χ4n) is 1.72. The number of ether oxygens (including phenoxy) is 1. The molecule has 2 nitrogen and oxygen atoms in total. The van der Waals surface area contributed by atoms with Gasteiger partial charge in [-0.1, -0.05) is 34.1 Å². The van der Waals surface area contributed by atoms with E-state index in [2.05, 4.69) is 35.8 Å². The summed E-state index contributed by atoms with van der Waals surface area (Å²) in [6.45, 7) is 4.66. The lowest BCUT2D eigenvalue weighted by Gasteiger charge is -2.11. The smallest absolute Gasteiger partial charge is 0.130 e. The van der Waals surface area contributed by atoms with Crippen LogP contribution in [0.5, 0.6) is 11.5 Å².